The van der Waals surface area contributed by atoms with Gasteiger partial charge in [0.25, 0.3) is 0 Å². The van der Waals surface area contributed by atoms with Gasteiger partial charge < -0.3 is 9.64 Å². The molecule has 94 valence electrons. The summed E-state index contributed by atoms with van der Waals surface area (Å²) in [6, 6.07) is 5.47. The van der Waals surface area contributed by atoms with Gasteiger partial charge in [-0.1, -0.05) is 24.3 Å². The summed E-state index contributed by atoms with van der Waals surface area (Å²) in [4.78, 5) is 25.1. The second-order valence-electron chi connectivity index (χ2n) is 4.35. The first-order valence-electron chi connectivity index (χ1n) is 5.60. The first-order chi connectivity index (χ1) is 8.65. The number of benzene rings is 1. The van der Waals surface area contributed by atoms with E-state index in [2.05, 4.69) is 0 Å². The summed E-state index contributed by atoms with van der Waals surface area (Å²) in [5, 5.41) is 10.5. The molecule has 2 heterocycles. The SMILES string of the molecule is COC(=O)C1c2ccccc2C2CN1C(=O)N2O. The lowest BCUT2D eigenvalue weighted by atomic mass is 9.91. The Morgan fingerprint density at radius 3 is 2.72 bits per heavy atom. The fourth-order valence-electron chi connectivity index (χ4n) is 2.65. The van der Waals surface area contributed by atoms with E-state index in [9.17, 15) is 14.8 Å². The molecule has 1 fully saturated rings. The lowest BCUT2D eigenvalue weighted by Gasteiger charge is -2.30. The second kappa shape index (κ2) is 3.71. The Kier molecular flexibility index (Phi) is 2.27. The van der Waals surface area contributed by atoms with Crippen LogP contribution in [0.2, 0.25) is 0 Å². The first kappa shape index (κ1) is 11.0. The summed E-state index contributed by atoms with van der Waals surface area (Å²) in [6.45, 7) is 0.298. The maximum Gasteiger partial charge on any atom is 0.345 e. The number of carbonyl (C=O) groups is 2. The number of amides is 2. The van der Waals surface area contributed by atoms with Gasteiger partial charge in [-0.25, -0.2) is 9.59 Å². The van der Waals surface area contributed by atoms with Gasteiger partial charge in [0.2, 0.25) is 0 Å². The molecule has 2 atom stereocenters. The number of ether oxygens (including phenoxy) is 1. The van der Waals surface area contributed by atoms with Crippen molar-refractivity contribution >= 4 is 12.0 Å². The van der Waals surface area contributed by atoms with E-state index >= 15 is 0 Å². The third-order valence-corrected chi connectivity index (χ3v) is 3.49. The van der Waals surface area contributed by atoms with Crippen LogP contribution in [0.25, 0.3) is 0 Å². The van der Waals surface area contributed by atoms with E-state index < -0.39 is 24.1 Å². The van der Waals surface area contributed by atoms with Crippen LogP contribution in [0, 0.1) is 0 Å². The molecular formula is C12H12N2O4. The third kappa shape index (κ3) is 1.26. The van der Waals surface area contributed by atoms with Crippen molar-refractivity contribution in [2.75, 3.05) is 13.7 Å². The van der Waals surface area contributed by atoms with Crippen LogP contribution in [0.4, 0.5) is 4.79 Å². The Hall–Kier alpha value is -2.08. The summed E-state index contributed by atoms with van der Waals surface area (Å²) in [5.41, 5.74) is 1.50. The van der Waals surface area contributed by atoms with E-state index in [1.54, 1.807) is 12.1 Å². The van der Waals surface area contributed by atoms with Crippen molar-refractivity contribution in [1.82, 2.24) is 9.96 Å². The summed E-state index contributed by atoms with van der Waals surface area (Å²) in [5.74, 6) is -0.496. The highest BCUT2D eigenvalue weighted by Gasteiger charge is 2.50. The van der Waals surface area contributed by atoms with Gasteiger partial charge in [-0.2, -0.15) is 5.06 Å². The quantitative estimate of drug-likeness (QED) is 0.596. The van der Waals surface area contributed by atoms with Crippen molar-refractivity contribution in [3.05, 3.63) is 35.4 Å². The zero-order chi connectivity index (χ0) is 12.9. The maximum absolute atomic E-state index is 11.9. The van der Waals surface area contributed by atoms with Gasteiger partial charge in [0.15, 0.2) is 6.04 Å². The highest BCUT2D eigenvalue weighted by molar-refractivity contribution is 5.87. The zero-order valence-corrected chi connectivity index (χ0v) is 9.74. The molecule has 1 aromatic carbocycles. The summed E-state index contributed by atoms with van der Waals surface area (Å²) >= 11 is 0. The van der Waals surface area contributed by atoms with Gasteiger partial charge in [0.1, 0.15) is 6.04 Å². The number of fused-ring (bicyclic) bond motifs is 4. The molecule has 2 aliphatic rings. The van der Waals surface area contributed by atoms with Crippen LogP contribution in [0.5, 0.6) is 0 Å². The van der Waals surface area contributed by atoms with E-state index in [0.717, 1.165) is 5.56 Å². The molecule has 2 amide bonds. The third-order valence-electron chi connectivity index (χ3n) is 3.49. The topological polar surface area (TPSA) is 70.1 Å². The normalized spacial score (nSPS) is 25.1. The molecule has 0 aliphatic carbocycles. The number of hydroxylamine groups is 2. The fraction of sp³-hybridized carbons (Fsp3) is 0.333. The van der Waals surface area contributed by atoms with Crippen LogP contribution in [-0.4, -0.2) is 40.8 Å². The van der Waals surface area contributed by atoms with Crippen LogP contribution >= 0.6 is 0 Å². The van der Waals surface area contributed by atoms with Gasteiger partial charge >= 0.3 is 12.0 Å². The minimum atomic E-state index is -0.771. The molecule has 0 saturated carbocycles. The second-order valence-corrected chi connectivity index (χ2v) is 4.35. The van der Waals surface area contributed by atoms with Crippen LogP contribution in [0.15, 0.2) is 24.3 Å². The van der Waals surface area contributed by atoms with Crippen molar-refractivity contribution in [2.45, 2.75) is 12.1 Å². The average Bonchev–Trinajstić information content (AvgIpc) is 2.65. The lowest BCUT2D eigenvalue weighted by Crippen LogP contribution is -2.38. The largest absolute Gasteiger partial charge is 0.467 e. The minimum Gasteiger partial charge on any atom is -0.467 e. The van der Waals surface area contributed by atoms with Crippen molar-refractivity contribution in [2.24, 2.45) is 0 Å². The highest BCUT2D eigenvalue weighted by atomic mass is 16.5. The first-order valence-corrected chi connectivity index (χ1v) is 5.60. The molecular weight excluding hydrogens is 236 g/mol. The molecule has 3 rings (SSSR count). The van der Waals surface area contributed by atoms with Gasteiger partial charge in [0, 0.05) is 0 Å². The standard InChI is InChI=1S/C12H12N2O4/c1-18-11(15)10-8-5-3-2-4-7(8)9-6-13(10)12(16)14(9)17/h2-5,9-10,17H,6H2,1H3. The Balaban J connectivity index is 2.17. The van der Waals surface area contributed by atoms with Gasteiger partial charge in [-0.05, 0) is 11.1 Å². The lowest BCUT2D eigenvalue weighted by molar-refractivity contribution is -0.146. The number of nitrogens with zero attached hydrogens (tertiary/aromatic N) is 2. The molecule has 1 N–H and O–H groups in total. The maximum atomic E-state index is 11.9. The van der Waals surface area contributed by atoms with E-state index in [1.165, 1.54) is 12.0 Å². The van der Waals surface area contributed by atoms with Gasteiger partial charge in [-0.3, -0.25) is 5.21 Å². The van der Waals surface area contributed by atoms with Crippen LogP contribution < -0.4 is 0 Å². The number of rotatable bonds is 1. The van der Waals surface area contributed by atoms with Crippen LogP contribution in [0.1, 0.15) is 23.2 Å². The predicted molar refractivity (Wildman–Crippen MR) is 59.7 cm³/mol. The number of methoxy groups -OCH3 is 1. The van der Waals surface area contributed by atoms with Crippen molar-refractivity contribution < 1.29 is 19.5 Å². The van der Waals surface area contributed by atoms with E-state index in [-0.39, 0.29) is 0 Å². The fourth-order valence-corrected chi connectivity index (χ4v) is 2.65. The molecule has 1 aromatic rings. The van der Waals surface area contributed by atoms with Crippen molar-refractivity contribution in [3.63, 3.8) is 0 Å². The molecule has 2 unspecified atom stereocenters. The molecule has 0 aromatic heterocycles. The zero-order valence-electron chi connectivity index (χ0n) is 9.74. The molecule has 2 aliphatic heterocycles. The van der Waals surface area contributed by atoms with Crippen molar-refractivity contribution in [1.29, 1.82) is 0 Å². The van der Waals surface area contributed by atoms with Crippen molar-refractivity contribution in [3.8, 4) is 0 Å². The summed E-state index contributed by atoms with van der Waals surface area (Å²) in [6.07, 6.45) is 0. The number of carbonyl (C=O) groups excluding carboxylic acids is 2. The van der Waals surface area contributed by atoms with E-state index in [4.69, 9.17) is 4.74 Å². The monoisotopic (exact) mass is 248 g/mol. The number of esters is 1. The van der Waals surface area contributed by atoms with Gasteiger partial charge in [0.05, 0.1) is 13.7 Å². The predicted octanol–water partition coefficient (Wildman–Crippen LogP) is 1.08. The van der Waals surface area contributed by atoms with E-state index in [1.807, 2.05) is 12.1 Å². The number of hydrogen-bond donors (Lipinski definition) is 1. The summed E-state index contributed by atoms with van der Waals surface area (Å²) in [7, 11) is 1.29. The summed E-state index contributed by atoms with van der Waals surface area (Å²) < 4.78 is 4.75. The van der Waals surface area contributed by atoms with Crippen LogP contribution in [-0.2, 0) is 9.53 Å². The smallest absolute Gasteiger partial charge is 0.345 e. The Labute approximate surface area is 103 Å². The Bertz CT molecular complexity index is 531. The molecule has 2 bridgehead atoms. The number of urea groups is 1. The molecule has 1 saturated heterocycles. The Morgan fingerprint density at radius 1 is 1.39 bits per heavy atom. The molecule has 18 heavy (non-hydrogen) atoms. The number of hydrogen-bond acceptors (Lipinski definition) is 4. The highest BCUT2D eigenvalue weighted by Crippen LogP contribution is 2.42. The minimum absolute atomic E-state index is 0.298. The van der Waals surface area contributed by atoms with E-state index in [0.29, 0.717) is 17.2 Å². The average molecular weight is 248 g/mol. The van der Waals surface area contributed by atoms with Gasteiger partial charge in [-0.15, -0.1) is 0 Å². The van der Waals surface area contributed by atoms with Crippen LogP contribution in [0.3, 0.4) is 0 Å². The molecule has 6 nitrogen and oxygen atoms in total. The molecule has 6 heteroatoms. The molecule has 0 spiro atoms. The Morgan fingerprint density at radius 2 is 2.06 bits per heavy atom. The molecule has 0 radical (unpaired) electrons.